The number of carbonyl (C=O) groups is 1. The molecule has 0 amide bonds. The van der Waals surface area contributed by atoms with Gasteiger partial charge in [0.05, 0.1) is 17.4 Å². The van der Waals surface area contributed by atoms with Crippen LogP contribution in [0.3, 0.4) is 0 Å². The highest BCUT2D eigenvalue weighted by Crippen LogP contribution is 2.21. The zero-order chi connectivity index (χ0) is 19.8. The van der Waals surface area contributed by atoms with Crippen LogP contribution in [0.5, 0.6) is 0 Å². The molecular weight excluding hydrogens is 368 g/mol. The summed E-state index contributed by atoms with van der Waals surface area (Å²) in [5.41, 5.74) is 1.11. The van der Waals surface area contributed by atoms with Crippen LogP contribution in [0.25, 0.3) is 11.0 Å². The predicted molar refractivity (Wildman–Crippen MR) is 99.4 cm³/mol. The zero-order valence-electron chi connectivity index (χ0n) is 15.1. The van der Waals surface area contributed by atoms with Crippen LogP contribution in [0.15, 0.2) is 57.2 Å². The van der Waals surface area contributed by atoms with Crippen molar-refractivity contribution < 1.29 is 17.9 Å². The summed E-state index contributed by atoms with van der Waals surface area (Å²) in [6.45, 7) is 3.31. The largest absolute Gasteiger partial charge is 0.468 e. The van der Waals surface area contributed by atoms with Crippen molar-refractivity contribution in [3.63, 3.8) is 0 Å². The third kappa shape index (κ3) is 3.48. The molecule has 0 saturated heterocycles. The Morgan fingerprint density at radius 2 is 1.78 bits per heavy atom. The molecule has 0 spiro atoms. The van der Waals surface area contributed by atoms with Crippen molar-refractivity contribution in [2.75, 3.05) is 7.11 Å². The average molecular weight is 386 g/mol. The number of ether oxygens (including phenoxy) is 1. The number of rotatable bonds is 4. The van der Waals surface area contributed by atoms with E-state index in [1.165, 1.54) is 29.9 Å². The van der Waals surface area contributed by atoms with E-state index in [2.05, 4.69) is 9.72 Å². The van der Waals surface area contributed by atoms with Gasteiger partial charge in [0, 0.05) is 11.9 Å². The Hall–Kier alpha value is -3.00. The fourth-order valence-electron chi connectivity index (χ4n) is 2.69. The number of esters is 1. The number of benzene rings is 1. The molecule has 7 nitrogen and oxygen atoms in total. The third-order valence-electron chi connectivity index (χ3n) is 4.18. The Kier molecular flexibility index (Phi) is 4.84. The van der Waals surface area contributed by atoms with Gasteiger partial charge >= 0.3 is 5.97 Å². The van der Waals surface area contributed by atoms with E-state index in [0.29, 0.717) is 5.69 Å². The van der Waals surface area contributed by atoms with E-state index in [9.17, 15) is 18.0 Å². The van der Waals surface area contributed by atoms with Gasteiger partial charge in [0.25, 0.3) is 0 Å². The first-order valence-corrected chi connectivity index (χ1v) is 9.61. The Bertz CT molecular complexity index is 1200. The Balaban J connectivity index is 2.31. The summed E-state index contributed by atoms with van der Waals surface area (Å²) in [7, 11) is -2.83. The molecule has 0 bridgehead atoms. The first kappa shape index (κ1) is 18.8. The number of carbonyl (C=O) groups excluding carboxylic acids is 1. The van der Waals surface area contributed by atoms with E-state index in [1.807, 2.05) is 6.92 Å². The molecule has 0 aliphatic rings. The number of methoxy groups -OCH3 is 1. The van der Waals surface area contributed by atoms with Gasteiger partial charge in [-0.05, 0) is 38.1 Å². The highest BCUT2D eigenvalue weighted by molar-refractivity contribution is 7.91. The Morgan fingerprint density at radius 3 is 2.41 bits per heavy atom. The van der Waals surface area contributed by atoms with Crippen LogP contribution in [0, 0.1) is 13.8 Å². The van der Waals surface area contributed by atoms with Crippen LogP contribution in [-0.2, 0) is 25.9 Å². The minimum Gasteiger partial charge on any atom is -0.468 e. The molecule has 140 valence electrons. The highest BCUT2D eigenvalue weighted by Gasteiger charge is 2.24. The lowest BCUT2D eigenvalue weighted by Gasteiger charge is -2.13. The first-order valence-electron chi connectivity index (χ1n) is 8.13. The maximum atomic E-state index is 13.0. The molecule has 0 aliphatic heterocycles. The summed E-state index contributed by atoms with van der Waals surface area (Å²) >= 11 is 0. The Morgan fingerprint density at radius 1 is 1.11 bits per heavy atom. The molecule has 8 heteroatoms. The van der Waals surface area contributed by atoms with Gasteiger partial charge in [0.1, 0.15) is 17.1 Å². The number of hydrogen-bond acceptors (Lipinski definition) is 6. The second kappa shape index (κ2) is 6.96. The van der Waals surface area contributed by atoms with E-state index < -0.39 is 26.1 Å². The molecule has 0 saturated carbocycles. The van der Waals surface area contributed by atoms with Crippen molar-refractivity contribution in [3.05, 3.63) is 64.1 Å². The van der Waals surface area contributed by atoms with Gasteiger partial charge in [0.15, 0.2) is 0 Å². The van der Waals surface area contributed by atoms with Crippen LogP contribution in [0.4, 0.5) is 0 Å². The van der Waals surface area contributed by atoms with Gasteiger partial charge in [-0.1, -0.05) is 17.7 Å². The van der Waals surface area contributed by atoms with Gasteiger partial charge in [0.2, 0.25) is 15.3 Å². The minimum absolute atomic E-state index is 0.00855. The molecule has 3 aromatic rings. The van der Waals surface area contributed by atoms with Gasteiger partial charge in [-0.2, -0.15) is 0 Å². The third-order valence-corrected chi connectivity index (χ3v) is 5.94. The van der Waals surface area contributed by atoms with Crippen LogP contribution >= 0.6 is 0 Å². The number of pyridine rings is 2. The van der Waals surface area contributed by atoms with Gasteiger partial charge in [-0.15, -0.1) is 0 Å². The van der Waals surface area contributed by atoms with Crippen LogP contribution < -0.4 is 5.43 Å². The lowest BCUT2D eigenvalue weighted by Crippen LogP contribution is -2.22. The quantitative estimate of drug-likeness (QED) is 0.637. The monoisotopic (exact) mass is 386 g/mol. The Labute approximate surface area is 156 Å². The number of fused-ring (bicyclic) bond motifs is 1. The molecule has 0 aliphatic carbocycles. The van der Waals surface area contributed by atoms with E-state index in [-0.39, 0.29) is 22.5 Å². The lowest BCUT2D eigenvalue weighted by atomic mass is 10.2. The molecule has 3 rings (SSSR count). The van der Waals surface area contributed by atoms with Gasteiger partial charge in [-0.3, -0.25) is 9.59 Å². The summed E-state index contributed by atoms with van der Waals surface area (Å²) in [6.07, 6.45) is 1.16. The van der Waals surface area contributed by atoms with E-state index >= 15 is 0 Å². The average Bonchev–Trinajstić information content (AvgIpc) is 2.63. The molecule has 0 unspecified atom stereocenters. The molecule has 0 fully saturated rings. The molecule has 2 heterocycles. The fourth-order valence-corrected chi connectivity index (χ4v) is 4.06. The summed E-state index contributed by atoms with van der Waals surface area (Å²) in [5, 5.41) is 0.123. The molecule has 2 aromatic heterocycles. The van der Waals surface area contributed by atoms with Crippen LogP contribution in [-0.4, -0.2) is 31.0 Å². The summed E-state index contributed by atoms with van der Waals surface area (Å²) < 4.78 is 32.1. The molecule has 27 heavy (non-hydrogen) atoms. The maximum Gasteiger partial charge on any atom is 0.325 e. The molecule has 1 aromatic carbocycles. The van der Waals surface area contributed by atoms with Gasteiger partial charge in [-0.25, -0.2) is 13.4 Å². The van der Waals surface area contributed by atoms with Crippen molar-refractivity contribution in [2.24, 2.45) is 0 Å². The summed E-state index contributed by atoms with van der Waals surface area (Å²) in [5.74, 6) is -0.582. The molecular formula is C19H18N2O5S. The number of aromatic nitrogens is 2. The molecule has 0 radical (unpaired) electrons. The SMILES string of the molecule is COC(=O)Cn1cc(S(=O)(=O)c2ccc(C)cc2)c(=O)c2ccc(C)nc21. The number of aryl methyl sites for hydroxylation is 2. The zero-order valence-corrected chi connectivity index (χ0v) is 15.9. The summed E-state index contributed by atoms with van der Waals surface area (Å²) in [4.78, 5) is 28.5. The number of sulfone groups is 1. The highest BCUT2D eigenvalue weighted by atomic mass is 32.2. The second-order valence-electron chi connectivity index (χ2n) is 6.17. The van der Waals surface area contributed by atoms with Crippen LogP contribution in [0.2, 0.25) is 0 Å². The number of hydrogen-bond donors (Lipinski definition) is 0. The topological polar surface area (TPSA) is 95.3 Å². The van der Waals surface area contributed by atoms with Gasteiger partial charge < -0.3 is 9.30 Å². The molecule has 0 N–H and O–H groups in total. The van der Waals surface area contributed by atoms with E-state index in [0.717, 1.165) is 11.8 Å². The normalized spacial score (nSPS) is 11.5. The fraction of sp³-hybridized carbons (Fsp3) is 0.211. The van der Waals surface area contributed by atoms with Crippen molar-refractivity contribution in [1.29, 1.82) is 0 Å². The first-order chi connectivity index (χ1) is 12.7. The lowest BCUT2D eigenvalue weighted by molar-refractivity contribution is -0.141. The molecule has 0 atom stereocenters. The standard InChI is InChI=1S/C19H18N2O5S/c1-12-4-7-14(8-5-12)27(24,25)16-10-21(11-17(22)26-3)19-15(18(16)23)9-6-13(2)20-19/h4-10H,11H2,1-3H3. The predicted octanol–water partition coefficient (Wildman–Crippen LogP) is 2.02. The summed E-state index contributed by atoms with van der Waals surface area (Å²) in [6, 6.07) is 9.35. The van der Waals surface area contributed by atoms with Crippen LogP contribution in [0.1, 0.15) is 11.3 Å². The van der Waals surface area contributed by atoms with E-state index in [1.54, 1.807) is 25.1 Å². The maximum absolute atomic E-state index is 13.0. The van der Waals surface area contributed by atoms with Crippen molar-refractivity contribution >= 4 is 26.8 Å². The van der Waals surface area contributed by atoms with Crippen molar-refractivity contribution in [1.82, 2.24) is 9.55 Å². The smallest absolute Gasteiger partial charge is 0.325 e. The number of nitrogens with zero attached hydrogens (tertiary/aromatic N) is 2. The van der Waals surface area contributed by atoms with E-state index in [4.69, 9.17) is 0 Å². The minimum atomic E-state index is -4.07. The van der Waals surface area contributed by atoms with Crippen molar-refractivity contribution in [3.8, 4) is 0 Å². The van der Waals surface area contributed by atoms with Crippen molar-refractivity contribution in [2.45, 2.75) is 30.2 Å². The second-order valence-corrected chi connectivity index (χ2v) is 8.08.